The second-order valence-corrected chi connectivity index (χ2v) is 5.23. The van der Waals surface area contributed by atoms with Gasteiger partial charge in [0.1, 0.15) is 0 Å². The minimum Gasteiger partial charge on any atom is -0.350 e. The van der Waals surface area contributed by atoms with Gasteiger partial charge in [-0.3, -0.25) is 0 Å². The topological polar surface area (TPSA) is 30.9 Å². The summed E-state index contributed by atoms with van der Waals surface area (Å²) >= 11 is 1.96. The number of hydrogen-bond acceptors (Lipinski definition) is 2. The molecule has 2 nitrogen and oxygen atoms in total. The Morgan fingerprint density at radius 1 is 1.38 bits per heavy atom. The number of hydrogen-bond donors (Lipinski definition) is 1. The average Bonchev–Trinajstić information content (AvgIpc) is 2.63. The first kappa shape index (κ1) is 11.6. The zero-order valence-electron chi connectivity index (χ0n) is 9.86. The maximum Gasteiger partial charge on any atom is 0.0484 e. The van der Waals surface area contributed by atoms with Crippen LogP contribution in [-0.4, -0.2) is 10.3 Å². The van der Waals surface area contributed by atoms with Gasteiger partial charge < -0.3 is 10.3 Å². The summed E-state index contributed by atoms with van der Waals surface area (Å²) in [5.41, 5.74) is 9.57. The number of thioether (sulfide) groups is 1. The van der Waals surface area contributed by atoms with E-state index >= 15 is 0 Å². The van der Waals surface area contributed by atoms with Crippen LogP contribution in [0.1, 0.15) is 18.1 Å². The number of rotatable bonds is 4. The fourth-order valence-corrected chi connectivity index (χ4v) is 2.62. The van der Waals surface area contributed by atoms with Crippen molar-refractivity contribution in [3.05, 3.63) is 35.5 Å². The molecule has 1 aromatic carbocycles. The van der Waals surface area contributed by atoms with Crippen molar-refractivity contribution in [1.82, 2.24) is 4.57 Å². The van der Waals surface area contributed by atoms with E-state index in [-0.39, 0.29) is 0 Å². The summed E-state index contributed by atoms with van der Waals surface area (Å²) in [6.07, 6.45) is 2.23. The van der Waals surface area contributed by atoms with Crippen LogP contribution in [-0.2, 0) is 19.3 Å². The van der Waals surface area contributed by atoms with Crippen LogP contribution in [0.5, 0.6) is 0 Å². The Balaban J connectivity index is 2.45. The highest BCUT2D eigenvalue weighted by atomic mass is 32.2. The molecule has 0 saturated heterocycles. The molecule has 0 bridgehead atoms. The highest BCUT2D eigenvalue weighted by Crippen LogP contribution is 2.25. The summed E-state index contributed by atoms with van der Waals surface area (Å²) in [5, 5.41) is 1.36. The van der Waals surface area contributed by atoms with E-state index in [1.54, 1.807) is 0 Å². The Bertz CT molecular complexity index is 488. The van der Waals surface area contributed by atoms with E-state index in [2.05, 4.69) is 42.9 Å². The molecular formula is C13H18N2S. The van der Waals surface area contributed by atoms with E-state index in [9.17, 15) is 0 Å². The van der Waals surface area contributed by atoms with Crippen LogP contribution in [0.4, 0.5) is 0 Å². The molecule has 0 aliphatic rings. The Hall–Kier alpha value is -0.930. The van der Waals surface area contributed by atoms with Crippen molar-refractivity contribution in [1.29, 1.82) is 0 Å². The molecule has 0 aliphatic carbocycles. The lowest BCUT2D eigenvalue weighted by molar-refractivity contribution is 0.959. The second kappa shape index (κ2) is 4.93. The third-order valence-corrected chi connectivity index (χ3v) is 3.76. The molecule has 0 amide bonds. The normalized spacial score (nSPS) is 11.2. The van der Waals surface area contributed by atoms with E-state index in [1.807, 2.05) is 11.8 Å². The van der Waals surface area contributed by atoms with Crippen LogP contribution >= 0.6 is 11.8 Å². The molecule has 0 aliphatic heterocycles. The molecule has 0 unspecified atom stereocenters. The highest BCUT2D eigenvalue weighted by molar-refractivity contribution is 7.98. The Labute approximate surface area is 101 Å². The van der Waals surface area contributed by atoms with Crippen LogP contribution < -0.4 is 5.73 Å². The van der Waals surface area contributed by atoms with Gasteiger partial charge in [0.2, 0.25) is 0 Å². The zero-order chi connectivity index (χ0) is 11.5. The van der Waals surface area contributed by atoms with Gasteiger partial charge in [-0.25, -0.2) is 0 Å². The summed E-state index contributed by atoms with van der Waals surface area (Å²) in [6, 6.07) is 6.51. The van der Waals surface area contributed by atoms with Crippen LogP contribution in [0, 0.1) is 0 Å². The molecule has 3 heteroatoms. The number of nitrogens with zero attached hydrogens (tertiary/aromatic N) is 1. The van der Waals surface area contributed by atoms with Crippen LogP contribution in [0.15, 0.2) is 24.4 Å². The Morgan fingerprint density at radius 3 is 2.88 bits per heavy atom. The van der Waals surface area contributed by atoms with Crippen molar-refractivity contribution in [3.8, 4) is 0 Å². The number of fused-ring (bicyclic) bond motifs is 1. The highest BCUT2D eigenvalue weighted by Gasteiger charge is 2.06. The average molecular weight is 234 g/mol. The lowest BCUT2D eigenvalue weighted by Gasteiger charge is -2.00. The summed E-state index contributed by atoms with van der Waals surface area (Å²) in [6.45, 7) is 2.81. The third-order valence-electron chi connectivity index (χ3n) is 2.83. The van der Waals surface area contributed by atoms with Gasteiger partial charge in [-0.1, -0.05) is 19.1 Å². The predicted molar refractivity (Wildman–Crippen MR) is 72.6 cm³/mol. The van der Waals surface area contributed by atoms with Crippen molar-refractivity contribution in [2.24, 2.45) is 12.8 Å². The molecule has 2 rings (SSSR count). The van der Waals surface area contributed by atoms with Crippen molar-refractivity contribution in [2.75, 3.05) is 5.75 Å². The van der Waals surface area contributed by atoms with E-state index in [1.165, 1.54) is 22.0 Å². The fourth-order valence-electron chi connectivity index (χ4n) is 1.97. The van der Waals surface area contributed by atoms with Gasteiger partial charge in [-0.15, -0.1) is 0 Å². The van der Waals surface area contributed by atoms with Gasteiger partial charge in [0.05, 0.1) is 0 Å². The fraction of sp³-hybridized carbons (Fsp3) is 0.385. The monoisotopic (exact) mass is 234 g/mol. The van der Waals surface area contributed by atoms with Gasteiger partial charge in [-0.2, -0.15) is 11.8 Å². The van der Waals surface area contributed by atoms with E-state index in [4.69, 9.17) is 5.73 Å². The van der Waals surface area contributed by atoms with Gasteiger partial charge in [0, 0.05) is 36.4 Å². The SMILES string of the molecule is CCSCc1cn(C)c2cc(CN)ccc12. The molecule has 1 aromatic heterocycles. The summed E-state index contributed by atoms with van der Waals surface area (Å²) in [5.74, 6) is 2.26. The van der Waals surface area contributed by atoms with Crippen molar-refractivity contribution in [2.45, 2.75) is 19.2 Å². The molecule has 0 atom stereocenters. The minimum absolute atomic E-state index is 0.611. The lowest BCUT2D eigenvalue weighted by atomic mass is 10.1. The van der Waals surface area contributed by atoms with Crippen LogP contribution in [0.2, 0.25) is 0 Å². The van der Waals surface area contributed by atoms with E-state index < -0.39 is 0 Å². The summed E-state index contributed by atoms with van der Waals surface area (Å²) in [4.78, 5) is 0. The largest absolute Gasteiger partial charge is 0.350 e. The standard InChI is InChI=1S/C13H18N2S/c1-3-16-9-11-8-15(2)13-6-10(7-14)4-5-12(11)13/h4-6,8H,3,7,9,14H2,1-2H3. The van der Waals surface area contributed by atoms with Gasteiger partial charge in [-0.05, 0) is 22.9 Å². The minimum atomic E-state index is 0.611. The first-order chi connectivity index (χ1) is 7.76. The molecule has 1 heterocycles. The first-order valence-electron chi connectivity index (χ1n) is 5.61. The summed E-state index contributed by atoms with van der Waals surface area (Å²) in [7, 11) is 2.10. The maximum atomic E-state index is 5.66. The number of benzene rings is 1. The molecule has 0 spiro atoms. The van der Waals surface area contributed by atoms with Crippen molar-refractivity contribution >= 4 is 22.7 Å². The Kier molecular flexibility index (Phi) is 3.56. The molecule has 2 aromatic rings. The first-order valence-corrected chi connectivity index (χ1v) is 6.76. The molecule has 0 radical (unpaired) electrons. The molecule has 2 N–H and O–H groups in total. The van der Waals surface area contributed by atoms with Crippen molar-refractivity contribution < 1.29 is 0 Å². The second-order valence-electron chi connectivity index (χ2n) is 3.96. The van der Waals surface area contributed by atoms with Crippen LogP contribution in [0.3, 0.4) is 0 Å². The molecule has 86 valence electrons. The molecular weight excluding hydrogens is 216 g/mol. The third kappa shape index (κ3) is 2.11. The molecule has 16 heavy (non-hydrogen) atoms. The lowest BCUT2D eigenvalue weighted by Crippen LogP contribution is -1.96. The number of aryl methyl sites for hydroxylation is 1. The van der Waals surface area contributed by atoms with Gasteiger partial charge >= 0.3 is 0 Å². The maximum absolute atomic E-state index is 5.66. The predicted octanol–water partition coefficient (Wildman–Crippen LogP) is 2.89. The van der Waals surface area contributed by atoms with E-state index in [0.29, 0.717) is 6.54 Å². The zero-order valence-corrected chi connectivity index (χ0v) is 10.7. The van der Waals surface area contributed by atoms with Crippen LogP contribution in [0.25, 0.3) is 10.9 Å². The van der Waals surface area contributed by atoms with Crippen molar-refractivity contribution in [3.63, 3.8) is 0 Å². The number of aromatic nitrogens is 1. The summed E-state index contributed by atoms with van der Waals surface area (Å²) < 4.78 is 2.19. The van der Waals surface area contributed by atoms with Gasteiger partial charge in [0.25, 0.3) is 0 Å². The number of nitrogens with two attached hydrogens (primary N) is 1. The van der Waals surface area contributed by atoms with Gasteiger partial charge in [0.15, 0.2) is 0 Å². The van der Waals surface area contributed by atoms with E-state index in [0.717, 1.165) is 11.5 Å². The Morgan fingerprint density at radius 2 is 2.19 bits per heavy atom. The molecule has 0 saturated carbocycles. The smallest absolute Gasteiger partial charge is 0.0484 e. The quantitative estimate of drug-likeness (QED) is 0.882. The molecule has 0 fully saturated rings.